The Balaban J connectivity index is 0. The number of nitrogens with zero attached hydrogens (tertiary/aromatic N) is 1. The molecule has 0 aromatic carbocycles. The normalized spacial score (nSPS) is 14.7. The van der Waals surface area contributed by atoms with Gasteiger partial charge in [-0.3, -0.25) is 4.57 Å². The lowest BCUT2D eigenvalue weighted by molar-refractivity contribution is -0.870. The van der Waals surface area contributed by atoms with E-state index in [0.717, 1.165) is 0 Å². The molecule has 8 nitrogen and oxygen atoms in total. The van der Waals surface area contributed by atoms with E-state index in [0.29, 0.717) is 11.0 Å². The Morgan fingerprint density at radius 2 is 1.73 bits per heavy atom. The summed E-state index contributed by atoms with van der Waals surface area (Å²) in [7, 11) is 1.19. The summed E-state index contributed by atoms with van der Waals surface area (Å²) in [5.41, 5.74) is 0. The first-order valence-electron chi connectivity index (χ1n) is 3.85. The molecule has 3 N–H and O–H groups in total. The Kier molecular flexibility index (Phi) is 7.55. The third-order valence-electron chi connectivity index (χ3n) is 1.02. The number of rotatable bonds is 4. The lowest BCUT2D eigenvalue weighted by Gasteiger charge is -2.25. The van der Waals surface area contributed by atoms with Crippen LogP contribution in [-0.4, -0.2) is 60.0 Å². The fourth-order valence-electron chi connectivity index (χ4n) is 0.430. The Hall–Kier alpha value is -0.660. The van der Waals surface area contributed by atoms with Crippen LogP contribution in [0.4, 0.5) is 4.79 Å². The molecule has 9 heteroatoms. The molecule has 1 atom stereocenters. The molecule has 0 radical (unpaired) electrons. The van der Waals surface area contributed by atoms with Crippen LogP contribution in [-0.2, 0) is 9.09 Å². The molecule has 0 fully saturated rings. The lowest BCUT2D eigenvalue weighted by Crippen LogP contribution is -2.37. The second-order valence-corrected chi connectivity index (χ2v) is 4.79. The van der Waals surface area contributed by atoms with E-state index in [4.69, 9.17) is 19.9 Å². The summed E-state index contributed by atoms with van der Waals surface area (Å²) in [6, 6.07) is 0. The predicted molar refractivity (Wildman–Crippen MR) is 49.3 cm³/mol. The van der Waals surface area contributed by atoms with Crippen LogP contribution in [0, 0.1) is 0 Å². The molecular formula is C6H16NO7P. The Labute approximate surface area is 87.5 Å². The first-order valence-corrected chi connectivity index (χ1v) is 5.34. The van der Waals surface area contributed by atoms with E-state index < -0.39 is 14.0 Å². The van der Waals surface area contributed by atoms with Crippen molar-refractivity contribution in [2.75, 3.05) is 34.3 Å². The van der Waals surface area contributed by atoms with E-state index >= 15 is 0 Å². The Morgan fingerprint density at radius 1 is 1.40 bits per heavy atom. The Morgan fingerprint density at radius 3 is 1.93 bits per heavy atom. The van der Waals surface area contributed by atoms with E-state index in [9.17, 15) is 9.46 Å². The number of hydrogen-bond donors (Lipinski definition) is 3. The minimum atomic E-state index is -4.51. The molecule has 0 heterocycles. The molecule has 0 saturated heterocycles. The fraction of sp³-hybridized carbons (Fsp3) is 0.833. The summed E-state index contributed by atoms with van der Waals surface area (Å²) in [5.74, 6) is 0. The zero-order chi connectivity index (χ0) is 12.7. The van der Waals surface area contributed by atoms with Crippen LogP contribution >= 0.6 is 7.82 Å². The number of phosphoric ester groups is 1. The van der Waals surface area contributed by atoms with Crippen LogP contribution in [0.1, 0.15) is 0 Å². The number of phosphoric acid groups is 1. The van der Waals surface area contributed by atoms with Crippen LogP contribution in [0.5, 0.6) is 0 Å². The van der Waals surface area contributed by atoms with Gasteiger partial charge in [-0.05, 0) is 0 Å². The van der Waals surface area contributed by atoms with Crippen molar-refractivity contribution in [3.63, 3.8) is 0 Å². The number of carboxylic acid groups (broad SMARTS) is 2. The zero-order valence-corrected chi connectivity index (χ0v) is 9.68. The maximum atomic E-state index is 10.1. The molecule has 15 heavy (non-hydrogen) atoms. The Bertz CT molecular complexity index is 226. The molecule has 92 valence electrons. The molecule has 0 amide bonds. The van der Waals surface area contributed by atoms with Crippen LogP contribution in [0.2, 0.25) is 0 Å². The molecule has 0 bridgehead atoms. The van der Waals surface area contributed by atoms with Crippen molar-refractivity contribution in [1.29, 1.82) is 0 Å². The summed E-state index contributed by atoms with van der Waals surface area (Å²) in [6.07, 6.45) is -1.83. The van der Waals surface area contributed by atoms with Crippen molar-refractivity contribution in [2.24, 2.45) is 0 Å². The zero-order valence-electron chi connectivity index (χ0n) is 8.78. The summed E-state index contributed by atoms with van der Waals surface area (Å²) in [4.78, 5) is 26.8. The third-order valence-corrected chi connectivity index (χ3v) is 1.53. The maximum Gasteiger partial charge on any atom is 0.503 e. The quantitative estimate of drug-likeness (QED) is 0.445. The standard InChI is InChI=1S/C5H14NO4P.CH2O3/c1-6(2,3)4-5-10-11(7,8)9;2-1(3)4/h4-5H2,1-3H3,(H-,7,8,9);(H2,2,3,4). The van der Waals surface area contributed by atoms with Crippen LogP contribution < -0.4 is 4.89 Å². The van der Waals surface area contributed by atoms with E-state index in [2.05, 4.69) is 4.52 Å². The molecule has 0 aliphatic heterocycles. The van der Waals surface area contributed by atoms with Gasteiger partial charge in [-0.25, -0.2) is 4.79 Å². The van der Waals surface area contributed by atoms with Gasteiger partial charge in [0.05, 0.1) is 21.1 Å². The smallest absolute Gasteiger partial charge is 0.503 e. The summed E-state index contributed by atoms with van der Waals surface area (Å²) in [6.45, 7) is 0.549. The van der Waals surface area contributed by atoms with E-state index in [1.165, 1.54) is 0 Å². The highest BCUT2D eigenvalue weighted by molar-refractivity contribution is 7.44. The number of carbonyl (C=O) groups is 1. The third kappa shape index (κ3) is 31.8. The molecule has 1 unspecified atom stereocenters. The second-order valence-electron chi connectivity index (χ2n) is 3.60. The molecule has 0 aromatic rings. The van der Waals surface area contributed by atoms with Gasteiger partial charge in [0.15, 0.2) is 0 Å². The topological polar surface area (TPSA) is 127 Å². The van der Waals surface area contributed by atoms with Crippen LogP contribution in [0.3, 0.4) is 0 Å². The highest BCUT2D eigenvalue weighted by Gasteiger charge is 2.08. The summed E-state index contributed by atoms with van der Waals surface area (Å²) < 4.78 is 14.8. The SMILES string of the molecule is C[N+](C)(C)CCOP(=O)([O-])O.O=C(O)O. The van der Waals surface area contributed by atoms with Gasteiger partial charge in [-0.1, -0.05) is 0 Å². The average Bonchev–Trinajstić information content (AvgIpc) is 1.77. The molecule has 0 aliphatic carbocycles. The van der Waals surface area contributed by atoms with Gasteiger partial charge in [-0.2, -0.15) is 0 Å². The van der Waals surface area contributed by atoms with Gasteiger partial charge < -0.3 is 29.0 Å². The van der Waals surface area contributed by atoms with E-state index in [1.54, 1.807) is 0 Å². The highest BCUT2D eigenvalue weighted by Crippen LogP contribution is 2.29. The van der Waals surface area contributed by atoms with Crippen molar-refractivity contribution in [1.82, 2.24) is 0 Å². The van der Waals surface area contributed by atoms with Crippen LogP contribution in [0.15, 0.2) is 0 Å². The molecule has 0 aromatic heterocycles. The number of quaternary nitrogens is 1. The van der Waals surface area contributed by atoms with Gasteiger partial charge in [0.25, 0.3) is 7.82 Å². The minimum absolute atomic E-state index is 0.0147. The van der Waals surface area contributed by atoms with Crippen LogP contribution in [0.25, 0.3) is 0 Å². The van der Waals surface area contributed by atoms with Gasteiger partial charge in [0, 0.05) is 0 Å². The molecule has 0 spiro atoms. The molecule has 0 saturated carbocycles. The van der Waals surface area contributed by atoms with Gasteiger partial charge in [-0.15, -0.1) is 0 Å². The van der Waals surface area contributed by atoms with Gasteiger partial charge in [0.2, 0.25) is 0 Å². The predicted octanol–water partition coefficient (Wildman–Crippen LogP) is -0.608. The molecule has 0 aliphatic rings. The molecular weight excluding hydrogens is 229 g/mol. The van der Waals surface area contributed by atoms with Crippen molar-refractivity contribution in [2.45, 2.75) is 0 Å². The largest absolute Gasteiger partial charge is 0.756 e. The van der Waals surface area contributed by atoms with E-state index in [-0.39, 0.29) is 6.61 Å². The molecule has 0 rings (SSSR count). The average molecular weight is 245 g/mol. The van der Waals surface area contributed by atoms with Crippen molar-refractivity contribution >= 4 is 14.0 Å². The summed E-state index contributed by atoms with van der Waals surface area (Å²) in [5, 5.41) is 13.9. The second kappa shape index (κ2) is 6.76. The number of likely N-dealkylation sites (N-methyl/N-ethyl adjacent to an activating group) is 1. The van der Waals surface area contributed by atoms with Gasteiger partial charge in [0.1, 0.15) is 13.2 Å². The maximum absolute atomic E-state index is 10.1. The van der Waals surface area contributed by atoms with Crippen molar-refractivity contribution in [3.8, 4) is 0 Å². The first kappa shape index (κ1) is 16.8. The number of hydrogen-bond acceptors (Lipinski definition) is 4. The fourth-order valence-corrected chi connectivity index (χ4v) is 0.742. The first-order chi connectivity index (χ1) is 6.44. The lowest BCUT2D eigenvalue weighted by atomic mass is 10.5. The van der Waals surface area contributed by atoms with Crippen molar-refractivity contribution < 1.29 is 38.4 Å². The van der Waals surface area contributed by atoms with Crippen molar-refractivity contribution in [3.05, 3.63) is 0 Å². The monoisotopic (exact) mass is 245 g/mol. The van der Waals surface area contributed by atoms with E-state index in [1.807, 2.05) is 21.1 Å². The van der Waals surface area contributed by atoms with Gasteiger partial charge >= 0.3 is 6.16 Å². The summed E-state index contributed by atoms with van der Waals surface area (Å²) >= 11 is 0. The highest BCUT2D eigenvalue weighted by atomic mass is 31.2. The minimum Gasteiger partial charge on any atom is -0.756 e.